The zero-order valence-electron chi connectivity index (χ0n) is 20.3. The van der Waals surface area contributed by atoms with Crippen LogP contribution in [0.4, 0.5) is 0 Å². The van der Waals surface area contributed by atoms with E-state index < -0.39 is 0 Å². The maximum Gasteiger partial charge on any atom is 0.191 e. The van der Waals surface area contributed by atoms with Crippen LogP contribution in [0.15, 0.2) is 17.1 Å². The Morgan fingerprint density at radius 2 is 1.68 bits per heavy atom. The quantitative estimate of drug-likeness (QED) is 0.223. The van der Waals surface area contributed by atoms with Crippen LogP contribution in [0, 0.1) is 0 Å². The van der Waals surface area contributed by atoms with Gasteiger partial charge in [-0.2, -0.15) is 0 Å². The van der Waals surface area contributed by atoms with Crippen molar-refractivity contribution < 1.29 is 0 Å². The number of hydrogen-bond donors (Lipinski definition) is 2. The Morgan fingerprint density at radius 3 is 2.26 bits per heavy atom. The van der Waals surface area contributed by atoms with Gasteiger partial charge in [0.05, 0.1) is 6.54 Å². The van der Waals surface area contributed by atoms with E-state index in [-0.39, 0.29) is 29.5 Å². The maximum absolute atomic E-state index is 5.18. The second-order valence-electron chi connectivity index (χ2n) is 9.92. The van der Waals surface area contributed by atoms with Gasteiger partial charge < -0.3 is 15.5 Å². The lowest BCUT2D eigenvalue weighted by Crippen LogP contribution is -2.58. The van der Waals surface area contributed by atoms with Crippen LogP contribution in [0.2, 0.25) is 0 Å². The molecule has 0 unspecified atom stereocenters. The van der Waals surface area contributed by atoms with Gasteiger partial charge in [0, 0.05) is 37.8 Å². The minimum Gasteiger partial charge on any atom is -0.357 e. The first kappa shape index (κ1) is 26.9. The Balaban J connectivity index is 0.00000341. The predicted octanol–water partition coefficient (Wildman–Crippen LogP) is 3.15. The van der Waals surface area contributed by atoms with Gasteiger partial charge in [0.15, 0.2) is 5.96 Å². The van der Waals surface area contributed by atoms with Crippen LogP contribution in [-0.2, 0) is 0 Å². The Bertz CT molecular complexity index is 558. The lowest BCUT2D eigenvalue weighted by molar-refractivity contribution is 0.0208. The number of nitrogens with one attached hydrogen (secondary N) is 2. The first-order chi connectivity index (χ1) is 14.5. The molecule has 3 aliphatic rings. The SMILES string of the molecule is C=C(C)CN1CCC(NC(=NCC2(N3CCCCC3)CCN(C)CC2)NCC)CC1.I. The van der Waals surface area contributed by atoms with Crippen molar-refractivity contribution in [2.45, 2.75) is 70.4 Å². The van der Waals surface area contributed by atoms with Crippen LogP contribution in [0.3, 0.4) is 0 Å². The summed E-state index contributed by atoms with van der Waals surface area (Å²) < 4.78 is 0. The Hall–Kier alpha value is -0.380. The zero-order valence-corrected chi connectivity index (χ0v) is 22.6. The molecule has 0 aliphatic carbocycles. The summed E-state index contributed by atoms with van der Waals surface area (Å²) in [6, 6.07) is 0.521. The highest BCUT2D eigenvalue weighted by molar-refractivity contribution is 14.0. The summed E-state index contributed by atoms with van der Waals surface area (Å²) in [5.74, 6) is 1.02. The lowest BCUT2D eigenvalue weighted by Gasteiger charge is -2.49. The van der Waals surface area contributed by atoms with Gasteiger partial charge in [0.2, 0.25) is 0 Å². The van der Waals surface area contributed by atoms with Gasteiger partial charge in [-0.15, -0.1) is 24.0 Å². The van der Waals surface area contributed by atoms with Crippen LogP contribution in [0.25, 0.3) is 0 Å². The Morgan fingerprint density at radius 1 is 1.03 bits per heavy atom. The molecule has 0 atom stereocenters. The molecule has 0 amide bonds. The molecule has 3 aliphatic heterocycles. The molecule has 6 nitrogen and oxygen atoms in total. The highest BCUT2D eigenvalue weighted by atomic mass is 127. The fourth-order valence-electron chi connectivity index (χ4n) is 5.33. The maximum atomic E-state index is 5.18. The second kappa shape index (κ2) is 13.4. The van der Waals surface area contributed by atoms with Crippen molar-refractivity contribution in [1.29, 1.82) is 0 Å². The van der Waals surface area contributed by atoms with Crippen molar-refractivity contribution in [3.63, 3.8) is 0 Å². The molecule has 0 aromatic carbocycles. The van der Waals surface area contributed by atoms with E-state index in [4.69, 9.17) is 4.99 Å². The van der Waals surface area contributed by atoms with E-state index in [1.807, 2.05) is 0 Å². The van der Waals surface area contributed by atoms with Crippen LogP contribution in [-0.4, -0.2) is 98.2 Å². The molecule has 7 heteroatoms. The first-order valence-electron chi connectivity index (χ1n) is 12.4. The van der Waals surface area contributed by atoms with Crippen molar-refractivity contribution in [2.24, 2.45) is 4.99 Å². The van der Waals surface area contributed by atoms with Crippen LogP contribution in [0.1, 0.15) is 58.8 Å². The number of likely N-dealkylation sites (tertiary alicyclic amines) is 3. The van der Waals surface area contributed by atoms with Gasteiger partial charge in [0.1, 0.15) is 0 Å². The highest BCUT2D eigenvalue weighted by Gasteiger charge is 2.39. The molecule has 31 heavy (non-hydrogen) atoms. The van der Waals surface area contributed by atoms with E-state index in [9.17, 15) is 0 Å². The first-order valence-corrected chi connectivity index (χ1v) is 12.4. The number of aliphatic imine (C=N–C) groups is 1. The third kappa shape index (κ3) is 8.16. The highest BCUT2D eigenvalue weighted by Crippen LogP contribution is 2.31. The topological polar surface area (TPSA) is 46.1 Å². The van der Waals surface area contributed by atoms with Crippen molar-refractivity contribution in [1.82, 2.24) is 25.3 Å². The molecule has 0 aromatic heterocycles. The molecule has 0 radical (unpaired) electrons. The number of nitrogens with zero attached hydrogens (tertiary/aromatic N) is 4. The van der Waals surface area contributed by atoms with Crippen LogP contribution >= 0.6 is 24.0 Å². The van der Waals surface area contributed by atoms with E-state index in [2.05, 4.69) is 52.8 Å². The third-order valence-corrected chi connectivity index (χ3v) is 7.24. The molecule has 0 saturated carbocycles. The van der Waals surface area contributed by atoms with Gasteiger partial charge in [-0.25, -0.2) is 0 Å². The van der Waals surface area contributed by atoms with E-state index >= 15 is 0 Å². The molecule has 2 N–H and O–H groups in total. The smallest absolute Gasteiger partial charge is 0.191 e. The monoisotopic (exact) mass is 546 g/mol. The summed E-state index contributed by atoms with van der Waals surface area (Å²) in [4.78, 5) is 13.0. The normalized spacial score (nSPS) is 24.4. The Kier molecular flexibility index (Phi) is 11.6. The standard InChI is InChI=1S/C24H46N6.HI/c1-5-25-23(27-22-9-15-29(16-10-22)19-21(2)3)26-20-24(11-17-28(4)18-12-24)30-13-7-6-8-14-30;/h22H,2,5-20H2,1,3-4H3,(H2,25,26,27);1H. The van der Waals surface area contributed by atoms with E-state index in [1.165, 1.54) is 76.7 Å². The molecule has 0 aromatic rings. The van der Waals surface area contributed by atoms with Crippen LogP contribution < -0.4 is 10.6 Å². The van der Waals surface area contributed by atoms with Crippen molar-refractivity contribution in [2.75, 3.05) is 66.0 Å². The third-order valence-electron chi connectivity index (χ3n) is 7.24. The zero-order chi connectivity index (χ0) is 21.4. The summed E-state index contributed by atoms with van der Waals surface area (Å²) in [5.41, 5.74) is 1.51. The summed E-state index contributed by atoms with van der Waals surface area (Å²) in [7, 11) is 2.26. The summed E-state index contributed by atoms with van der Waals surface area (Å²) in [6.07, 6.45) is 8.94. The van der Waals surface area contributed by atoms with E-state index in [0.717, 1.165) is 38.7 Å². The number of guanidine groups is 1. The van der Waals surface area contributed by atoms with Gasteiger partial charge in [-0.05, 0) is 85.6 Å². The average Bonchev–Trinajstić information content (AvgIpc) is 2.75. The molecule has 0 bridgehead atoms. The molecule has 3 rings (SSSR count). The van der Waals surface area contributed by atoms with Gasteiger partial charge >= 0.3 is 0 Å². The van der Waals surface area contributed by atoms with Crippen molar-refractivity contribution in [3.05, 3.63) is 12.2 Å². The molecule has 180 valence electrons. The van der Waals surface area contributed by atoms with Gasteiger partial charge in [-0.3, -0.25) is 14.8 Å². The molecule has 0 spiro atoms. The molecule has 3 saturated heterocycles. The summed E-state index contributed by atoms with van der Waals surface area (Å²) >= 11 is 0. The van der Waals surface area contributed by atoms with Crippen molar-refractivity contribution >= 4 is 29.9 Å². The summed E-state index contributed by atoms with van der Waals surface area (Å²) in [5, 5.41) is 7.28. The minimum atomic E-state index is 0. The number of piperidine rings is 3. The van der Waals surface area contributed by atoms with Gasteiger partial charge in [-0.1, -0.05) is 18.6 Å². The molecular weight excluding hydrogens is 499 g/mol. The summed E-state index contributed by atoms with van der Waals surface area (Å²) in [6.45, 7) is 18.4. The fraction of sp³-hybridized carbons (Fsp3) is 0.875. The van der Waals surface area contributed by atoms with Gasteiger partial charge in [0.25, 0.3) is 0 Å². The van der Waals surface area contributed by atoms with E-state index in [1.54, 1.807) is 0 Å². The van der Waals surface area contributed by atoms with Crippen LogP contribution in [0.5, 0.6) is 0 Å². The second-order valence-corrected chi connectivity index (χ2v) is 9.92. The molecular formula is C24H47IN6. The molecule has 3 fully saturated rings. The minimum absolute atomic E-state index is 0. The lowest BCUT2D eigenvalue weighted by atomic mass is 9.84. The number of halogens is 1. The fourth-order valence-corrected chi connectivity index (χ4v) is 5.33. The number of rotatable bonds is 7. The number of hydrogen-bond acceptors (Lipinski definition) is 4. The predicted molar refractivity (Wildman–Crippen MR) is 144 cm³/mol. The largest absolute Gasteiger partial charge is 0.357 e. The average molecular weight is 547 g/mol. The Labute approximate surface area is 208 Å². The van der Waals surface area contributed by atoms with Crippen molar-refractivity contribution in [3.8, 4) is 0 Å². The molecule has 3 heterocycles. The van der Waals surface area contributed by atoms with E-state index in [0.29, 0.717) is 6.04 Å².